The summed E-state index contributed by atoms with van der Waals surface area (Å²) >= 11 is 0. The van der Waals surface area contributed by atoms with Crippen LogP contribution in [-0.2, 0) is 0 Å². The second-order valence-electron chi connectivity index (χ2n) is 13.1. The molecule has 0 bridgehead atoms. The summed E-state index contributed by atoms with van der Waals surface area (Å²) in [6.07, 6.45) is 9.24. The molecule has 0 spiro atoms. The number of rotatable bonds is 17. The van der Waals surface area contributed by atoms with Crippen molar-refractivity contribution in [1.29, 1.82) is 0 Å². The minimum atomic E-state index is 0.308. The van der Waals surface area contributed by atoms with Crippen LogP contribution < -0.4 is 24.2 Å². The summed E-state index contributed by atoms with van der Waals surface area (Å²) in [4.78, 5) is 12.0. The van der Waals surface area contributed by atoms with Crippen molar-refractivity contribution in [2.24, 2.45) is 0 Å². The second-order valence-corrected chi connectivity index (χ2v) is 13.1. The molecule has 0 atom stereocenters. The number of anilines is 6. The van der Waals surface area contributed by atoms with Crippen LogP contribution in [0.15, 0.2) is 121 Å². The van der Waals surface area contributed by atoms with Crippen LogP contribution in [0.25, 0.3) is 0 Å². The van der Waals surface area contributed by atoms with Crippen molar-refractivity contribution in [2.45, 2.75) is 61.4 Å². The van der Waals surface area contributed by atoms with Gasteiger partial charge in [-0.1, -0.05) is 26.0 Å². The van der Waals surface area contributed by atoms with E-state index in [0.717, 1.165) is 86.5 Å². The molecular formula is C46H61N6+. The molecule has 0 amide bonds. The molecule has 0 fully saturated rings. The Hall–Kier alpha value is -4.81. The first-order valence-corrected chi connectivity index (χ1v) is 19.7. The van der Waals surface area contributed by atoms with Gasteiger partial charge in [0, 0.05) is 116 Å². The van der Waals surface area contributed by atoms with E-state index >= 15 is 0 Å². The van der Waals surface area contributed by atoms with Gasteiger partial charge in [0.15, 0.2) is 0 Å². The maximum atomic E-state index is 2.47. The molecule has 1 aliphatic carbocycles. The number of nitrogens with zero attached hydrogens (tertiary/aromatic N) is 6. The fourth-order valence-corrected chi connectivity index (χ4v) is 7.40. The molecule has 274 valence electrons. The van der Waals surface area contributed by atoms with Crippen LogP contribution in [-0.4, -0.2) is 69.0 Å². The van der Waals surface area contributed by atoms with E-state index in [1.165, 1.54) is 17.1 Å². The van der Waals surface area contributed by atoms with Crippen molar-refractivity contribution >= 4 is 51.2 Å². The highest BCUT2D eigenvalue weighted by Gasteiger charge is 2.23. The Morgan fingerprint density at radius 2 is 0.673 bits per heavy atom. The van der Waals surface area contributed by atoms with Crippen LogP contribution in [0.1, 0.15) is 55.4 Å². The molecule has 52 heavy (non-hydrogen) atoms. The van der Waals surface area contributed by atoms with E-state index in [9.17, 15) is 0 Å². The minimum absolute atomic E-state index is 0.308. The lowest BCUT2D eigenvalue weighted by Crippen LogP contribution is -2.33. The van der Waals surface area contributed by atoms with Crippen LogP contribution in [0.3, 0.4) is 0 Å². The lowest BCUT2D eigenvalue weighted by molar-refractivity contribution is 0.288. The van der Waals surface area contributed by atoms with Gasteiger partial charge in [-0.3, -0.25) is 4.90 Å². The predicted octanol–water partition coefficient (Wildman–Crippen LogP) is 10.8. The summed E-state index contributed by atoms with van der Waals surface area (Å²) in [5, 5.41) is 0. The molecule has 0 N–H and O–H groups in total. The molecule has 6 heteroatoms. The first kappa shape index (κ1) is 38.4. The van der Waals surface area contributed by atoms with Crippen LogP contribution in [0.4, 0.5) is 45.5 Å². The highest BCUT2D eigenvalue weighted by atomic mass is 15.2. The monoisotopic (exact) mass is 697 g/mol. The zero-order valence-electron chi connectivity index (χ0n) is 33.0. The highest BCUT2D eigenvalue weighted by Crippen LogP contribution is 2.38. The molecule has 1 aliphatic rings. The highest BCUT2D eigenvalue weighted by molar-refractivity contribution is 6.08. The molecule has 0 radical (unpaired) electrons. The fraction of sp³-hybridized carbons (Fsp3) is 0.370. The van der Waals surface area contributed by atoms with Crippen molar-refractivity contribution in [2.75, 3.05) is 72.0 Å². The normalized spacial score (nSPS) is 13.8. The van der Waals surface area contributed by atoms with Crippen LogP contribution in [0.2, 0.25) is 0 Å². The van der Waals surface area contributed by atoms with Gasteiger partial charge < -0.3 is 19.6 Å². The van der Waals surface area contributed by atoms with Gasteiger partial charge >= 0.3 is 0 Å². The quantitative estimate of drug-likeness (QED) is 0.102. The first-order chi connectivity index (χ1) is 25.4. The predicted molar refractivity (Wildman–Crippen MR) is 230 cm³/mol. The molecule has 0 aliphatic heterocycles. The third-order valence-corrected chi connectivity index (χ3v) is 10.5. The number of allylic oxidation sites excluding steroid dienone is 2. The minimum Gasteiger partial charge on any atom is -0.372 e. The maximum absolute atomic E-state index is 2.47. The third-order valence-electron chi connectivity index (χ3n) is 10.5. The molecule has 0 aromatic heterocycles. The van der Waals surface area contributed by atoms with Crippen LogP contribution in [0.5, 0.6) is 0 Å². The van der Waals surface area contributed by atoms with Crippen molar-refractivity contribution in [1.82, 2.24) is 9.48 Å². The van der Waals surface area contributed by atoms with Crippen molar-refractivity contribution in [3.63, 3.8) is 0 Å². The molecule has 0 saturated carbocycles. The Morgan fingerprint density at radius 1 is 0.385 bits per heavy atom. The zero-order valence-corrected chi connectivity index (χ0v) is 33.0. The van der Waals surface area contributed by atoms with Gasteiger partial charge in [0.1, 0.15) is 0 Å². The second kappa shape index (κ2) is 18.6. The van der Waals surface area contributed by atoms with E-state index in [0.29, 0.717) is 6.04 Å². The molecule has 4 aromatic rings. The third kappa shape index (κ3) is 8.62. The summed E-state index contributed by atoms with van der Waals surface area (Å²) in [6.45, 7) is 25.7. The summed E-state index contributed by atoms with van der Waals surface area (Å²) in [5.74, 6) is 0. The molecule has 5 rings (SSSR count). The SMILES string of the molecule is CCN(CC)c1ccc(N(c2ccc(N(CC)CC)cc2)c2ccc([N+](=C3C=CC(N(CC)CC)C=C3)c3ccc(N(CC)CC)cc3)cc2)cc1. The lowest BCUT2D eigenvalue weighted by atomic mass is 10.1. The summed E-state index contributed by atoms with van der Waals surface area (Å²) in [7, 11) is 0. The van der Waals surface area contributed by atoms with Crippen molar-refractivity contribution in [3.8, 4) is 0 Å². The standard InChI is InChI=1S/C46H61N6/c1-9-47(10-2)37-17-25-41(26-18-37)51(42-27-19-38(20-28-42)48(11-3)12-4)45-33-35-46(36-34-45)52(43-29-21-39(22-30-43)49(13-5)14-6)44-31-23-40(24-32-44)50(15-7)16-8/h17-37H,9-16H2,1-8H3/q+1. The Bertz CT molecular complexity index is 1680. The van der Waals surface area contributed by atoms with Gasteiger partial charge in [-0.15, -0.1) is 0 Å². The van der Waals surface area contributed by atoms with E-state index in [-0.39, 0.29) is 0 Å². The number of hydrogen-bond donors (Lipinski definition) is 0. The maximum Gasteiger partial charge on any atom is 0.211 e. The van der Waals surface area contributed by atoms with Gasteiger partial charge in [0.25, 0.3) is 0 Å². The van der Waals surface area contributed by atoms with Crippen LogP contribution >= 0.6 is 0 Å². The summed E-state index contributed by atoms with van der Waals surface area (Å²) < 4.78 is 2.38. The van der Waals surface area contributed by atoms with Crippen molar-refractivity contribution < 1.29 is 0 Å². The average Bonchev–Trinajstić information content (AvgIpc) is 3.20. The largest absolute Gasteiger partial charge is 0.372 e. The molecule has 0 heterocycles. The van der Waals surface area contributed by atoms with Crippen molar-refractivity contribution in [3.05, 3.63) is 121 Å². The van der Waals surface area contributed by atoms with Gasteiger partial charge in [0.05, 0.1) is 0 Å². The Kier molecular flexibility index (Phi) is 13.8. The average molecular weight is 698 g/mol. The van der Waals surface area contributed by atoms with E-state index in [2.05, 4.69) is 206 Å². The summed E-state index contributed by atoms with van der Waals surface area (Å²) in [6, 6.07) is 36.4. The molecule has 4 aromatic carbocycles. The number of hydrogen-bond acceptors (Lipinski definition) is 5. The number of likely N-dealkylation sites (N-methyl/N-ethyl adjacent to an activating group) is 1. The van der Waals surface area contributed by atoms with Gasteiger partial charge in [0.2, 0.25) is 17.1 Å². The zero-order chi connectivity index (χ0) is 37.0. The lowest BCUT2D eigenvalue weighted by Gasteiger charge is -2.28. The summed E-state index contributed by atoms with van der Waals surface area (Å²) in [5.41, 5.74) is 10.6. The molecule has 0 saturated heterocycles. The number of benzene rings is 4. The van der Waals surface area contributed by atoms with Crippen LogP contribution in [0, 0.1) is 0 Å². The van der Waals surface area contributed by atoms with E-state index < -0.39 is 0 Å². The van der Waals surface area contributed by atoms with E-state index in [1.807, 2.05) is 0 Å². The molecule has 0 unspecified atom stereocenters. The Morgan fingerprint density at radius 3 is 0.981 bits per heavy atom. The smallest absolute Gasteiger partial charge is 0.211 e. The fourth-order valence-electron chi connectivity index (χ4n) is 7.40. The topological polar surface area (TPSA) is 19.2 Å². The van der Waals surface area contributed by atoms with E-state index in [4.69, 9.17) is 0 Å². The Balaban J connectivity index is 1.58. The van der Waals surface area contributed by atoms with E-state index in [1.54, 1.807) is 0 Å². The molecule has 6 nitrogen and oxygen atoms in total. The molecular weight excluding hydrogens is 637 g/mol. The van der Waals surface area contributed by atoms with Gasteiger partial charge in [-0.05, 0) is 127 Å². The Labute approximate surface area is 314 Å². The van der Waals surface area contributed by atoms with Gasteiger partial charge in [-0.2, -0.15) is 4.58 Å². The van der Waals surface area contributed by atoms with Gasteiger partial charge in [-0.25, -0.2) is 0 Å². The first-order valence-electron chi connectivity index (χ1n) is 19.7.